The Morgan fingerprint density at radius 1 is 1.47 bits per heavy atom. The van der Waals surface area contributed by atoms with Crippen LogP contribution in [0.2, 0.25) is 0 Å². The number of carbonyl (C=O) groups is 1. The van der Waals surface area contributed by atoms with Crippen molar-refractivity contribution in [2.24, 2.45) is 5.92 Å². The van der Waals surface area contributed by atoms with Crippen LogP contribution in [0.4, 0.5) is 0 Å². The third-order valence-electron chi connectivity index (χ3n) is 3.91. The molecule has 2 heterocycles. The van der Waals surface area contributed by atoms with Crippen LogP contribution in [-0.4, -0.2) is 34.8 Å². The van der Waals surface area contributed by atoms with E-state index >= 15 is 0 Å². The first-order valence-electron chi connectivity index (χ1n) is 7.18. The number of Topliss-reactive ketones (excluding diaryl/α,β-unsaturated/α-hetero) is 1. The van der Waals surface area contributed by atoms with Gasteiger partial charge in [0.05, 0.1) is 15.6 Å². The standard InChI is InChI=1S/C15H24N2OS/c1-10(2)17-7-5-6-13(9-17)8-14(18)15-11(3)16-12(4)19-15/h10,13H,5-9H2,1-4H3/t13-/m0/s1. The quantitative estimate of drug-likeness (QED) is 0.792. The Labute approximate surface area is 120 Å². The van der Waals surface area contributed by atoms with E-state index in [0.717, 1.165) is 22.1 Å². The van der Waals surface area contributed by atoms with Crippen LogP contribution in [-0.2, 0) is 0 Å². The maximum absolute atomic E-state index is 12.4. The molecule has 1 aromatic rings. The molecule has 1 fully saturated rings. The topological polar surface area (TPSA) is 33.2 Å². The summed E-state index contributed by atoms with van der Waals surface area (Å²) in [5.74, 6) is 0.809. The third-order valence-corrected chi connectivity index (χ3v) is 5.03. The molecule has 106 valence electrons. The van der Waals surface area contributed by atoms with Crippen LogP contribution >= 0.6 is 11.3 Å². The van der Waals surface area contributed by atoms with E-state index in [1.165, 1.54) is 19.4 Å². The van der Waals surface area contributed by atoms with E-state index in [2.05, 4.69) is 23.7 Å². The summed E-state index contributed by atoms with van der Waals surface area (Å²) in [6, 6.07) is 0.588. The molecule has 1 aromatic heterocycles. The highest BCUT2D eigenvalue weighted by atomic mass is 32.1. The predicted molar refractivity (Wildman–Crippen MR) is 80.0 cm³/mol. The Hall–Kier alpha value is -0.740. The Morgan fingerprint density at radius 3 is 2.79 bits per heavy atom. The van der Waals surface area contributed by atoms with Crippen LogP contribution in [0.15, 0.2) is 0 Å². The maximum atomic E-state index is 12.4. The average molecular weight is 280 g/mol. The van der Waals surface area contributed by atoms with Gasteiger partial charge in [0.15, 0.2) is 5.78 Å². The van der Waals surface area contributed by atoms with Gasteiger partial charge in [-0.1, -0.05) is 0 Å². The van der Waals surface area contributed by atoms with Crippen molar-refractivity contribution in [2.75, 3.05) is 13.1 Å². The zero-order chi connectivity index (χ0) is 14.0. The Bertz CT molecular complexity index is 453. The van der Waals surface area contributed by atoms with Gasteiger partial charge in [0, 0.05) is 19.0 Å². The first kappa shape index (κ1) is 14.7. The molecule has 0 spiro atoms. The van der Waals surface area contributed by atoms with Gasteiger partial charge in [0.25, 0.3) is 0 Å². The minimum absolute atomic E-state index is 0.290. The number of rotatable bonds is 4. The maximum Gasteiger partial charge on any atom is 0.175 e. The summed E-state index contributed by atoms with van der Waals surface area (Å²) in [5.41, 5.74) is 0.907. The lowest BCUT2D eigenvalue weighted by atomic mass is 9.91. The number of thiazole rings is 1. The highest BCUT2D eigenvalue weighted by Crippen LogP contribution is 2.26. The van der Waals surface area contributed by atoms with Crippen LogP contribution in [0, 0.1) is 19.8 Å². The molecule has 1 atom stereocenters. The molecule has 0 radical (unpaired) electrons. The molecule has 0 aliphatic carbocycles. The van der Waals surface area contributed by atoms with E-state index in [9.17, 15) is 4.79 Å². The molecule has 0 bridgehead atoms. The lowest BCUT2D eigenvalue weighted by Crippen LogP contribution is -2.40. The summed E-state index contributed by atoms with van der Waals surface area (Å²) in [4.78, 5) is 20.1. The number of piperidine rings is 1. The fourth-order valence-corrected chi connectivity index (χ4v) is 3.75. The van der Waals surface area contributed by atoms with Gasteiger partial charge in [0.2, 0.25) is 0 Å². The van der Waals surface area contributed by atoms with Gasteiger partial charge < -0.3 is 4.90 Å². The number of aryl methyl sites for hydroxylation is 2. The first-order valence-corrected chi connectivity index (χ1v) is 8.00. The number of hydrogen-bond acceptors (Lipinski definition) is 4. The van der Waals surface area contributed by atoms with Crippen molar-refractivity contribution in [3.05, 3.63) is 15.6 Å². The van der Waals surface area contributed by atoms with Crippen LogP contribution in [0.1, 0.15) is 53.5 Å². The highest BCUT2D eigenvalue weighted by molar-refractivity contribution is 7.13. The van der Waals surface area contributed by atoms with Gasteiger partial charge >= 0.3 is 0 Å². The van der Waals surface area contributed by atoms with Gasteiger partial charge in [-0.3, -0.25) is 4.79 Å². The first-order chi connectivity index (χ1) is 8.97. The number of carbonyl (C=O) groups excluding carboxylic acids is 1. The molecule has 1 aliphatic rings. The Balaban J connectivity index is 1.97. The van der Waals surface area contributed by atoms with Gasteiger partial charge in [-0.05, 0) is 53.0 Å². The van der Waals surface area contributed by atoms with E-state index in [-0.39, 0.29) is 0 Å². The molecule has 1 saturated heterocycles. The number of hydrogen-bond donors (Lipinski definition) is 0. The van der Waals surface area contributed by atoms with Gasteiger partial charge in [-0.15, -0.1) is 11.3 Å². The predicted octanol–water partition coefficient (Wildman–Crippen LogP) is 3.45. The second kappa shape index (κ2) is 6.14. The summed E-state index contributed by atoms with van der Waals surface area (Å²) in [5, 5.41) is 0.994. The molecular formula is C15H24N2OS. The highest BCUT2D eigenvalue weighted by Gasteiger charge is 2.25. The monoisotopic (exact) mass is 280 g/mol. The molecule has 4 heteroatoms. The molecule has 2 rings (SSSR count). The largest absolute Gasteiger partial charge is 0.301 e. The molecular weight excluding hydrogens is 256 g/mol. The second-order valence-corrected chi connectivity index (χ2v) is 7.07. The van der Waals surface area contributed by atoms with Crippen LogP contribution in [0.3, 0.4) is 0 Å². The molecule has 0 aromatic carbocycles. The van der Waals surface area contributed by atoms with Crippen LogP contribution < -0.4 is 0 Å². The van der Waals surface area contributed by atoms with Crippen molar-refractivity contribution < 1.29 is 4.79 Å². The summed E-state index contributed by atoms with van der Waals surface area (Å²) in [6.07, 6.45) is 3.09. The Kier molecular flexibility index (Phi) is 4.74. The van der Waals surface area contributed by atoms with Crippen LogP contribution in [0.25, 0.3) is 0 Å². The molecule has 19 heavy (non-hydrogen) atoms. The SMILES string of the molecule is Cc1nc(C)c(C(=O)C[C@@H]2CCCN(C(C)C)C2)s1. The van der Waals surface area contributed by atoms with Crippen molar-refractivity contribution in [2.45, 2.75) is 53.0 Å². The molecule has 0 saturated carbocycles. The Morgan fingerprint density at radius 2 is 2.21 bits per heavy atom. The van der Waals surface area contributed by atoms with Gasteiger partial charge in [-0.2, -0.15) is 0 Å². The molecule has 1 aliphatic heterocycles. The third kappa shape index (κ3) is 3.63. The fourth-order valence-electron chi connectivity index (χ4n) is 2.88. The van der Waals surface area contributed by atoms with Gasteiger partial charge in [-0.25, -0.2) is 4.98 Å². The summed E-state index contributed by atoms with van der Waals surface area (Å²) < 4.78 is 0. The minimum atomic E-state index is 0.290. The van der Waals surface area contributed by atoms with Crippen LogP contribution in [0.5, 0.6) is 0 Å². The van der Waals surface area contributed by atoms with E-state index in [4.69, 9.17) is 0 Å². The fraction of sp³-hybridized carbons (Fsp3) is 0.733. The number of nitrogens with zero attached hydrogens (tertiary/aromatic N) is 2. The summed E-state index contributed by atoms with van der Waals surface area (Å²) in [7, 11) is 0. The zero-order valence-electron chi connectivity index (χ0n) is 12.4. The zero-order valence-corrected chi connectivity index (χ0v) is 13.2. The van der Waals surface area contributed by atoms with E-state index in [0.29, 0.717) is 24.2 Å². The molecule has 0 unspecified atom stereocenters. The van der Waals surface area contributed by atoms with E-state index in [1.807, 2.05) is 13.8 Å². The van der Waals surface area contributed by atoms with Crippen molar-refractivity contribution >= 4 is 17.1 Å². The minimum Gasteiger partial charge on any atom is -0.301 e. The molecule has 3 nitrogen and oxygen atoms in total. The van der Waals surface area contributed by atoms with E-state index < -0.39 is 0 Å². The normalized spacial score (nSPS) is 21.0. The molecule has 0 N–H and O–H groups in total. The van der Waals surface area contributed by atoms with Crippen molar-refractivity contribution in [3.8, 4) is 0 Å². The number of ketones is 1. The average Bonchev–Trinajstić information content (AvgIpc) is 2.69. The number of aromatic nitrogens is 1. The van der Waals surface area contributed by atoms with Crippen molar-refractivity contribution in [1.82, 2.24) is 9.88 Å². The van der Waals surface area contributed by atoms with Gasteiger partial charge in [0.1, 0.15) is 0 Å². The van der Waals surface area contributed by atoms with Crippen molar-refractivity contribution in [3.63, 3.8) is 0 Å². The van der Waals surface area contributed by atoms with E-state index in [1.54, 1.807) is 11.3 Å². The summed E-state index contributed by atoms with van der Waals surface area (Å²) in [6.45, 7) is 10.6. The van der Waals surface area contributed by atoms with Crippen molar-refractivity contribution in [1.29, 1.82) is 0 Å². The number of likely N-dealkylation sites (tertiary alicyclic amines) is 1. The lowest BCUT2D eigenvalue weighted by Gasteiger charge is -2.35. The smallest absolute Gasteiger partial charge is 0.175 e. The molecule has 0 amide bonds. The second-order valence-electron chi connectivity index (χ2n) is 5.87. The summed E-state index contributed by atoms with van der Waals surface area (Å²) >= 11 is 1.54. The lowest BCUT2D eigenvalue weighted by molar-refractivity contribution is 0.0893.